The third-order valence-corrected chi connectivity index (χ3v) is 16.2. The summed E-state index contributed by atoms with van der Waals surface area (Å²) in [5, 5.41) is 7.40. The van der Waals surface area contributed by atoms with Gasteiger partial charge >= 0.3 is 5.97 Å². The molecular formula is C58H62N4O5. The molecule has 0 radical (unpaired) electrons. The fourth-order valence-corrected chi connectivity index (χ4v) is 10.3. The predicted octanol–water partition coefficient (Wildman–Crippen LogP) is 13.1. The van der Waals surface area contributed by atoms with E-state index in [1.807, 2.05) is 53.7 Å². The second kappa shape index (κ2) is 16.4. The van der Waals surface area contributed by atoms with Crippen LogP contribution in [0, 0.1) is 118 Å². The smallest absolute Gasteiger partial charge is 0.340 e. The van der Waals surface area contributed by atoms with Gasteiger partial charge in [0.05, 0.1) is 51.5 Å². The third-order valence-electron chi connectivity index (χ3n) is 16.2. The number of nitrogens with one attached hydrogen (secondary N) is 4. The largest absolute Gasteiger partial charge is 0.465 e. The Kier molecular flexibility index (Phi) is 11.4. The number of aryl methyl sites for hydroxylation is 6. The molecule has 0 bridgehead atoms. The van der Waals surface area contributed by atoms with Crippen LogP contribution in [0.1, 0.15) is 105 Å². The summed E-state index contributed by atoms with van der Waals surface area (Å²) in [6.07, 6.45) is 0. The van der Waals surface area contributed by atoms with E-state index in [0.29, 0.717) is 49.3 Å². The maximum atomic E-state index is 13.8. The SMILES string of the molecule is COC(=O)c1cc2[nH]c3c(C)c(C)c(C)c(C)c3c(=O)c2cc1Nc1c(C)c(C)c(C)c(C)c1C.Cc1c(C)c(C)c2c(=O)c3cc4[nH]c5c(C)c(C)c(C)c(C)c5c(=O)c4cc3[nH]c2c1C. The van der Waals surface area contributed by atoms with Crippen LogP contribution in [-0.2, 0) is 4.74 Å². The van der Waals surface area contributed by atoms with E-state index >= 15 is 0 Å². The maximum Gasteiger partial charge on any atom is 0.340 e. The number of aromatic amines is 3. The number of methoxy groups -OCH3 is 1. The van der Waals surface area contributed by atoms with Gasteiger partial charge in [-0.3, -0.25) is 14.4 Å². The van der Waals surface area contributed by atoms with Crippen LogP contribution in [-0.4, -0.2) is 28.0 Å². The van der Waals surface area contributed by atoms with Gasteiger partial charge < -0.3 is 25.0 Å². The fraction of sp³-hybridized carbons (Fsp3) is 0.310. The standard InChI is InChI=1S/C30H34N2O3.C28H28N2O2/c1-13-15(3)19(7)27(20(8)16(13)4)31-25-11-22-24(12-23(25)30(34)35-10)32-28-21(9)17(5)14(2)18(6)26(28)29(22)33;1-11-13(3)17(7)25-23(15(11)5)27(31)19-9-22-20(10-21(19)29-25)28(32)24-16(6)12(2)14(4)18(8)26(24)30-22/h11-12,31H,1-10H3,(H,32,33);9-10H,1-8H3,(H,29,31)(H,30,32). The van der Waals surface area contributed by atoms with Crippen LogP contribution in [0.2, 0.25) is 0 Å². The monoisotopic (exact) mass is 894 g/mol. The summed E-state index contributed by atoms with van der Waals surface area (Å²) in [6, 6.07) is 7.20. The molecule has 0 saturated heterocycles. The molecule has 0 saturated carbocycles. The van der Waals surface area contributed by atoms with Gasteiger partial charge in [-0.2, -0.15) is 0 Å². The van der Waals surface area contributed by atoms with Crippen molar-refractivity contribution in [3.63, 3.8) is 0 Å². The molecule has 9 rings (SSSR count). The van der Waals surface area contributed by atoms with Gasteiger partial charge in [-0.15, -0.1) is 0 Å². The number of pyridine rings is 3. The molecule has 0 aliphatic carbocycles. The van der Waals surface area contributed by atoms with Gasteiger partial charge in [0.15, 0.2) is 16.3 Å². The number of hydrogen-bond acceptors (Lipinski definition) is 6. The van der Waals surface area contributed by atoms with Crippen LogP contribution in [0.15, 0.2) is 38.6 Å². The third kappa shape index (κ3) is 6.87. The number of aromatic nitrogens is 3. The van der Waals surface area contributed by atoms with Crippen molar-refractivity contribution in [1.82, 2.24) is 15.0 Å². The van der Waals surface area contributed by atoms with Crippen LogP contribution >= 0.6 is 0 Å². The van der Waals surface area contributed by atoms with E-state index in [-0.39, 0.29) is 16.3 Å². The molecule has 9 aromatic rings. The molecule has 3 aromatic heterocycles. The molecule has 0 fully saturated rings. The quantitative estimate of drug-likeness (QED) is 0.103. The van der Waals surface area contributed by atoms with Crippen molar-refractivity contribution in [3.05, 3.63) is 155 Å². The number of fused-ring (bicyclic) bond motifs is 6. The number of ether oxygens (including phenoxy) is 1. The molecule has 0 aliphatic rings. The van der Waals surface area contributed by atoms with Crippen molar-refractivity contribution < 1.29 is 9.53 Å². The molecule has 6 aromatic carbocycles. The zero-order valence-corrected chi connectivity index (χ0v) is 42.4. The van der Waals surface area contributed by atoms with Gasteiger partial charge in [0, 0.05) is 38.0 Å². The van der Waals surface area contributed by atoms with Crippen LogP contribution in [0.4, 0.5) is 11.4 Å². The van der Waals surface area contributed by atoms with E-state index in [0.717, 1.165) is 99.8 Å². The van der Waals surface area contributed by atoms with E-state index in [1.54, 1.807) is 12.1 Å². The Morgan fingerprint density at radius 3 is 1.01 bits per heavy atom. The molecule has 0 aliphatic heterocycles. The Labute approximate surface area is 391 Å². The van der Waals surface area contributed by atoms with Crippen molar-refractivity contribution in [3.8, 4) is 0 Å². The summed E-state index contributed by atoms with van der Waals surface area (Å²) in [4.78, 5) is 64.3. The van der Waals surface area contributed by atoms with Crippen molar-refractivity contribution in [2.45, 2.75) is 118 Å². The van der Waals surface area contributed by atoms with E-state index in [2.05, 4.69) is 96.4 Å². The Hall–Kier alpha value is -7.00. The molecule has 4 N–H and O–H groups in total. The van der Waals surface area contributed by atoms with Crippen molar-refractivity contribution >= 4 is 82.8 Å². The van der Waals surface area contributed by atoms with Gasteiger partial charge in [-0.25, -0.2) is 4.79 Å². The van der Waals surface area contributed by atoms with E-state index < -0.39 is 5.97 Å². The highest BCUT2D eigenvalue weighted by atomic mass is 16.5. The number of anilines is 2. The van der Waals surface area contributed by atoms with Crippen LogP contribution in [0.3, 0.4) is 0 Å². The molecule has 0 amide bonds. The molecule has 344 valence electrons. The van der Waals surface area contributed by atoms with Gasteiger partial charge in [-0.05, 0) is 237 Å². The van der Waals surface area contributed by atoms with Crippen LogP contribution in [0.5, 0.6) is 0 Å². The second-order valence-corrected chi connectivity index (χ2v) is 19.1. The van der Waals surface area contributed by atoms with E-state index in [1.165, 1.54) is 34.9 Å². The number of carbonyl (C=O) groups is 1. The summed E-state index contributed by atoms with van der Waals surface area (Å²) in [5.41, 5.74) is 25.5. The Balaban J connectivity index is 0.000000182. The average molecular weight is 895 g/mol. The van der Waals surface area contributed by atoms with Crippen molar-refractivity contribution in [1.29, 1.82) is 0 Å². The predicted molar refractivity (Wildman–Crippen MR) is 281 cm³/mol. The fourth-order valence-electron chi connectivity index (χ4n) is 10.3. The average Bonchev–Trinajstić information content (AvgIpc) is 3.31. The topological polar surface area (TPSA) is 137 Å². The lowest BCUT2D eigenvalue weighted by Crippen LogP contribution is -2.13. The molecule has 3 heterocycles. The number of carbonyl (C=O) groups excluding carboxylic acids is 1. The van der Waals surface area contributed by atoms with Gasteiger partial charge in [0.25, 0.3) is 0 Å². The van der Waals surface area contributed by atoms with Crippen LogP contribution < -0.4 is 21.6 Å². The number of benzene rings is 6. The molecule has 67 heavy (non-hydrogen) atoms. The number of rotatable bonds is 3. The number of H-pyrrole nitrogens is 3. The number of esters is 1. The first kappa shape index (κ1) is 46.5. The lowest BCUT2D eigenvalue weighted by atomic mass is 9.92. The maximum absolute atomic E-state index is 13.8. The van der Waals surface area contributed by atoms with E-state index in [4.69, 9.17) is 4.74 Å². The first-order valence-corrected chi connectivity index (χ1v) is 23.0. The lowest BCUT2D eigenvalue weighted by molar-refractivity contribution is 0.0602. The molecule has 0 spiro atoms. The summed E-state index contributed by atoms with van der Waals surface area (Å²) < 4.78 is 5.12. The Bertz CT molecular complexity index is 3760. The lowest BCUT2D eigenvalue weighted by Gasteiger charge is -2.21. The summed E-state index contributed by atoms with van der Waals surface area (Å²) in [6.45, 7) is 35.1. The van der Waals surface area contributed by atoms with Crippen molar-refractivity contribution in [2.24, 2.45) is 0 Å². The van der Waals surface area contributed by atoms with Gasteiger partial charge in [0.2, 0.25) is 0 Å². The normalized spacial score (nSPS) is 11.7. The number of hydrogen-bond donors (Lipinski definition) is 4. The van der Waals surface area contributed by atoms with Crippen LogP contribution in [0.25, 0.3) is 65.4 Å². The zero-order chi connectivity index (χ0) is 49.1. The minimum atomic E-state index is -0.459. The first-order chi connectivity index (χ1) is 31.4. The van der Waals surface area contributed by atoms with Gasteiger partial charge in [-0.1, -0.05) is 0 Å². The first-order valence-electron chi connectivity index (χ1n) is 23.0. The minimum Gasteiger partial charge on any atom is -0.465 e. The molecule has 9 nitrogen and oxygen atoms in total. The minimum absolute atomic E-state index is 0.00767. The molecule has 9 heteroatoms. The second-order valence-electron chi connectivity index (χ2n) is 19.1. The highest BCUT2D eigenvalue weighted by molar-refractivity contribution is 6.07. The molecule has 0 atom stereocenters. The van der Waals surface area contributed by atoms with E-state index in [9.17, 15) is 19.2 Å². The van der Waals surface area contributed by atoms with Crippen molar-refractivity contribution in [2.75, 3.05) is 12.4 Å². The molecular weight excluding hydrogens is 833 g/mol. The molecule has 0 unspecified atom stereocenters. The van der Waals surface area contributed by atoms with Gasteiger partial charge in [0.1, 0.15) is 0 Å². The highest BCUT2D eigenvalue weighted by Gasteiger charge is 2.22. The highest BCUT2D eigenvalue weighted by Crippen LogP contribution is 2.36. The summed E-state index contributed by atoms with van der Waals surface area (Å²) >= 11 is 0. The summed E-state index contributed by atoms with van der Waals surface area (Å²) in [5.74, 6) is -0.459. The summed E-state index contributed by atoms with van der Waals surface area (Å²) in [7, 11) is 1.37. The Morgan fingerprint density at radius 1 is 0.388 bits per heavy atom. The Morgan fingerprint density at radius 2 is 0.672 bits per heavy atom. The zero-order valence-electron chi connectivity index (χ0n) is 42.4.